The fourth-order valence-corrected chi connectivity index (χ4v) is 4.06. The monoisotopic (exact) mass is 318 g/mol. The molecular weight excluding hydrogens is 300 g/mol. The van der Waals surface area contributed by atoms with E-state index in [9.17, 15) is 0 Å². The Kier molecular flexibility index (Phi) is 3.89. The summed E-state index contributed by atoms with van der Waals surface area (Å²) in [6, 6.07) is 0. The van der Waals surface area contributed by atoms with Crippen LogP contribution in [0, 0.1) is 12.3 Å². The Morgan fingerprint density at radius 1 is 1.59 bits per heavy atom. The van der Waals surface area contributed by atoms with Crippen LogP contribution in [0.1, 0.15) is 44.5 Å². The highest BCUT2D eigenvalue weighted by atomic mass is 79.9. The molecule has 1 fully saturated rings. The van der Waals surface area contributed by atoms with E-state index in [0.717, 1.165) is 23.7 Å². The lowest BCUT2D eigenvalue weighted by atomic mass is 9.84. The molecule has 1 aliphatic carbocycles. The number of rotatable bonds is 3. The SMILES string of the molecule is CCn1nc(C)c(Cl)c1CC1(C)CCC(Br)C1. The zero-order valence-corrected chi connectivity index (χ0v) is 13.1. The molecule has 1 aromatic rings. The lowest BCUT2D eigenvalue weighted by molar-refractivity contribution is 0.325. The molecule has 2 nitrogen and oxygen atoms in total. The Hall–Kier alpha value is -0.0200. The quantitative estimate of drug-likeness (QED) is 0.757. The minimum absolute atomic E-state index is 0.372. The van der Waals surface area contributed by atoms with E-state index in [4.69, 9.17) is 11.6 Å². The highest BCUT2D eigenvalue weighted by molar-refractivity contribution is 9.09. The van der Waals surface area contributed by atoms with Crippen molar-refractivity contribution < 1.29 is 0 Å². The van der Waals surface area contributed by atoms with Crippen molar-refractivity contribution in [3.05, 3.63) is 16.4 Å². The number of aromatic nitrogens is 2. The number of alkyl halides is 1. The first-order valence-electron chi connectivity index (χ1n) is 6.31. The van der Waals surface area contributed by atoms with Gasteiger partial charge in [0.1, 0.15) is 0 Å². The van der Waals surface area contributed by atoms with E-state index in [-0.39, 0.29) is 0 Å². The largest absolute Gasteiger partial charge is 0.268 e. The second-order valence-electron chi connectivity index (χ2n) is 5.49. The minimum Gasteiger partial charge on any atom is -0.268 e. The van der Waals surface area contributed by atoms with E-state index >= 15 is 0 Å². The van der Waals surface area contributed by atoms with Crippen LogP contribution in [0.15, 0.2) is 0 Å². The van der Waals surface area contributed by atoms with Gasteiger partial charge in [-0.05, 0) is 44.9 Å². The van der Waals surface area contributed by atoms with Crippen LogP contribution in [-0.2, 0) is 13.0 Å². The molecule has 0 aromatic carbocycles. The Labute approximate surface area is 117 Å². The highest BCUT2D eigenvalue weighted by Crippen LogP contribution is 2.44. The van der Waals surface area contributed by atoms with Gasteiger partial charge in [0.25, 0.3) is 0 Å². The number of nitrogens with zero attached hydrogens (tertiary/aromatic N) is 2. The summed E-state index contributed by atoms with van der Waals surface area (Å²) < 4.78 is 2.06. The van der Waals surface area contributed by atoms with Gasteiger partial charge in [0.2, 0.25) is 0 Å². The fraction of sp³-hybridized carbons (Fsp3) is 0.769. The molecule has 2 unspecified atom stereocenters. The molecule has 0 aliphatic heterocycles. The van der Waals surface area contributed by atoms with Gasteiger partial charge in [-0.1, -0.05) is 34.5 Å². The normalized spacial score (nSPS) is 28.9. The number of aryl methyl sites for hydroxylation is 2. The maximum Gasteiger partial charge on any atom is 0.0847 e. The first-order valence-corrected chi connectivity index (χ1v) is 7.60. The number of halogens is 2. The van der Waals surface area contributed by atoms with Crippen molar-refractivity contribution in [3.8, 4) is 0 Å². The van der Waals surface area contributed by atoms with Crippen molar-refractivity contribution in [3.63, 3.8) is 0 Å². The summed E-state index contributed by atoms with van der Waals surface area (Å²) in [4.78, 5) is 0.672. The summed E-state index contributed by atoms with van der Waals surface area (Å²) in [5.74, 6) is 0. The standard InChI is InChI=1S/C13H20BrClN2/c1-4-17-11(12(15)9(2)16-17)8-13(3)6-5-10(14)7-13/h10H,4-8H2,1-3H3. The Morgan fingerprint density at radius 3 is 2.82 bits per heavy atom. The Morgan fingerprint density at radius 2 is 2.29 bits per heavy atom. The maximum absolute atomic E-state index is 6.37. The zero-order valence-electron chi connectivity index (χ0n) is 10.8. The predicted molar refractivity (Wildman–Crippen MR) is 76.0 cm³/mol. The summed E-state index contributed by atoms with van der Waals surface area (Å²) in [6.07, 6.45) is 4.82. The van der Waals surface area contributed by atoms with Crippen molar-refractivity contribution in [1.29, 1.82) is 0 Å². The van der Waals surface area contributed by atoms with Crippen LogP contribution < -0.4 is 0 Å². The van der Waals surface area contributed by atoms with Crippen molar-refractivity contribution in [2.45, 2.75) is 57.8 Å². The smallest absolute Gasteiger partial charge is 0.0847 e. The van der Waals surface area contributed by atoms with E-state index in [1.54, 1.807) is 0 Å². The molecule has 1 saturated carbocycles. The van der Waals surface area contributed by atoms with Crippen LogP contribution in [0.4, 0.5) is 0 Å². The molecule has 1 aliphatic rings. The Bertz CT molecular complexity index is 416. The van der Waals surface area contributed by atoms with Crippen molar-refractivity contribution >= 4 is 27.5 Å². The minimum atomic E-state index is 0.372. The van der Waals surface area contributed by atoms with Gasteiger partial charge < -0.3 is 0 Å². The summed E-state index contributed by atoms with van der Waals surface area (Å²) in [5.41, 5.74) is 2.55. The lowest BCUT2D eigenvalue weighted by Crippen LogP contribution is -2.18. The summed E-state index contributed by atoms with van der Waals surface area (Å²) in [5, 5.41) is 5.36. The van der Waals surface area contributed by atoms with Crippen LogP contribution in [0.3, 0.4) is 0 Å². The zero-order chi connectivity index (χ0) is 12.6. The van der Waals surface area contributed by atoms with Crippen LogP contribution >= 0.6 is 27.5 Å². The average Bonchev–Trinajstić information content (AvgIpc) is 2.74. The highest BCUT2D eigenvalue weighted by Gasteiger charge is 2.35. The maximum atomic E-state index is 6.37. The van der Waals surface area contributed by atoms with Gasteiger partial charge in [-0.2, -0.15) is 5.10 Å². The van der Waals surface area contributed by atoms with Gasteiger partial charge >= 0.3 is 0 Å². The second-order valence-corrected chi connectivity index (χ2v) is 7.16. The number of hydrogen-bond acceptors (Lipinski definition) is 1. The van der Waals surface area contributed by atoms with Gasteiger partial charge in [0.15, 0.2) is 0 Å². The van der Waals surface area contributed by atoms with E-state index in [0.29, 0.717) is 10.2 Å². The van der Waals surface area contributed by atoms with Crippen LogP contribution in [0.2, 0.25) is 5.02 Å². The molecule has 0 bridgehead atoms. The van der Waals surface area contributed by atoms with Crippen LogP contribution in [-0.4, -0.2) is 14.6 Å². The summed E-state index contributed by atoms with van der Waals surface area (Å²) in [7, 11) is 0. The molecule has 0 spiro atoms. The molecule has 0 radical (unpaired) electrons. The molecule has 96 valence electrons. The van der Waals surface area contributed by atoms with E-state index in [1.165, 1.54) is 25.0 Å². The third-order valence-electron chi connectivity index (χ3n) is 3.82. The molecule has 1 aromatic heterocycles. The number of hydrogen-bond donors (Lipinski definition) is 0. The van der Waals surface area contributed by atoms with Crippen molar-refractivity contribution in [2.75, 3.05) is 0 Å². The summed E-state index contributed by atoms with van der Waals surface area (Å²) in [6.45, 7) is 7.38. The average molecular weight is 320 g/mol. The van der Waals surface area contributed by atoms with Gasteiger partial charge in [0, 0.05) is 11.4 Å². The van der Waals surface area contributed by atoms with E-state index in [1.807, 2.05) is 6.92 Å². The van der Waals surface area contributed by atoms with Crippen LogP contribution in [0.25, 0.3) is 0 Å². The molecule has 4 heteroatoms. The first-order chi connectivity index (χ1) is 7.95. The molecule has 2 atom stereocenters. The van der Waals surface area contributed by atoms with Gasteiger partial charge in [-0.3, -0.25) is 4.68 Å². The molecule has 17 heavy (non-hydrogen) atoms. The van der Waals surface area contributed by atoms with Crippen LogP contribution in [0.5, 0.6) is 0 Å². The molecule has 2 rings (SSSR count). The molecule has 1 heterocycles. The lowest BCUT2D eigenvalue weighted by Gasteiger charge is -2.24. The summed E-state index contributed by atoms with van der Waals surface area (Å²) >= 11 is 10.1. The molecule has 0 N–H and O–H groups in total. The third kappa shape index (κ3) is 2.70. The second kappa shape index (κ2) is 4.93. The van der Waals surface area contributed by atoms with Crippen molar-refractivity contribution in [1.82, 2.24) is 9.78 Å². The molecule has 0 amide bonds. The van der Waals surface area contributed by atoms with E-state index in [2.05, 4.69) is 39.6 Å². The first kappa shape index (κ1) is 13.4. The van der Waals surface area contributed by atoms with Gasteiger partial charge in [-0.15, -0.1) is 0 Å². The fourth-order valence-electron chi connectivity index (χ4n) is 2.85. The third-order valence-corrected chi connectivity index (χ3v) is 5.10. The predicted octanol–water partition coefficient (Wildman–Crippen LogP) is 4.36. The van der Waals surface area contributed by atoms with Gasteiger partial charge in [-0.25, -0.2) is 0 Å². The van der Waals surface area contributed by atoms with Crippen molar-refractivity contribution in [2.24, 2.45) is 5.41 Å². The van der Waals surface area contributed by atoms with E-state index < -0.39 is 0 Å². The molecular formula is C13H20BrClN2. The van der Waals surface area contributed by atoms with Gasteiger partial charge in [0.05, 0.1) is 16.4 Å². The molecule has 0 saturated heterocycles. The topological polar surface area (TPSA) is 17.8 Å². The Balaban J connectivity index is 2.23.